The van der Waals surface area contributed by atoms with Crippen LogP contribution in [0.5, 0.6) is 0 Å². The van der Waals surface area contributed by atoms with Crippen molar-refractivity contribution >= 4 is 5.78 Å². The van der Waals surface area contributed by atoms with E-state index in [9.17, 15) is 4.79 Å². The van der Waals surface area contributed by atoms with E-state index in [0.29, 0.717) is 22.5 Å². The van der Waals surface area contributed by atoms with E-state index >= 15 is 0 Å². The Morgan fingerprint density at radius 1 is 1.40 bits per heavy atom. The van der Waals surface area contributed by atoms with Gasteiger partial charge in [-0.25, -0.2) is 0 Å². The second kappa shape index (κ2) is 2.56. The lowest BCUT2D eigenvalue weighted by Crippen LogP contribution is -2.29. The van der Waals surface area contributed by atoms with Crippen molar-refractivity contribution in [3.63, 3.8) is 0 Å². The van der Waals surface area contributed by atoms with Gasteiger partial charge in [-0.3, -0.25) is 4.79 Å². The fraction of sp³-hybridized carbons (Fsp3) is 0.786. The quantitative estimate of drug-likeness (QED) is 0.591. The van der Waals surface area contributed by atoms with E-state index in [1.54, 1.807) is 0 Å². The Bertz CT molecular complexity index is 364. The molecule has 1 nitrogen and oxygen atoms in total. The second-order valence-corrected chi connectivity index (χ2v) is 6.65. The lowest BCUT2D eigenvalue weighted by Gasteiger charge is -2.33. The van der Waals surface area contributed by atoms with Gasteiger partial charge < -0.3 is 0 Å². The maximum atomic E-state index is 12.0. The van der Waals surface area contributed by atoms with Crippen molar-refractivity contribution in [3.05, 3.63) is 11.6 Å². The maximum Gasteiger partial charge on any atom is 0.159 e. The summed E-state index contributed by atoms with van der Waals surface area (Å²) in [6, 6.07) is 0. The third-order valence-corrected chi connectivity index (χ3v) is 5.13. The molecule has 0 N–H and O–H groups in total. The zero-order valence-electron chi connectivity index (χ0n) is 9.97. The van der Waals surface area contributed by atoms with E-state index in [0.717, 1.165) is 12.3 Å². The minimum Gasteiger partial charge on any atom is -0.295 e. The highest BCUT2D eigenvalue weighted by Gasteiger charge is 2.61. The monoisotopic (exact) mass is 204 g/mol. The van der Waals surface area contributed by atoms with Gasteiger partial charge >= 0.3 is 0 Å². The summed E-state index contributed by atoms with van der Waals surface area (Å²) < 4.78 is 0. The summed E-state index contributed by atoms with van der Waals surface area (Å²) in [4.78, 5) is 12.0. The Hall–Kier alpha value is -0.590. The predicted molar refractivity (Wildman–Crippen MR) is 60.4 cm³/mol. The van der Waals surface area contributed by atoms with E-state index in [1.807, 2.05) is 6.08 Å². The molecule has 2 fully saturated rings. The van der Waals surface area contributed by atoms with Crippen molar-refractivity contribution in [1.82, 2.24) is 0 Å². The fourth-order valence-corrected chi connectivity index (χ4v) is 4.59. The molecule has 3 atom stereocenters. The Morgan fingerprint density at radius 2 is 2.13 bits per heavy atom. The Morgan fingerprint density at radius 3 is 2.87 bits per heavy atom. The van der Waals surface area contributed by atoms with E-state index in [-0.39, 0.29) is 0 Å². The minimum absolute atomic E-state index is 0.292. The summed E-state index contributed by atoms with van der Waals surface area (Å²) in [5.74, 6) is 1.49. The minimum atomic E-state index is 0.292. The molecule has 0 heterocycles. The van der Waals surface area contributed by atoms with E-state index in [2.05, 4.69) is 20.8 Å². The van der Waals surface area contributed by atoms with Gasteiger partial charge in [0.2, 0.25) is 0 Å². The van der Waals surface area contributed by atoms with Gasteiger partial charge in [0.15, 0.2) is 5.78 Å². The molecule has 0 radical (unpaired) electrons. The van der Waals surface area contributed by atoms with Crippen molar-refractivity contribution in [1.29, 1.82) is 0 Å². The average Bonchev–Trinajstić information content (AvgIpc) is 2.65. The lowest BCUT2D eigenvalue weighted by molar-refractivity contribution is -0.119. The molecular formula is C14H20O. The van der Waals surface area contributed by atoms with Gasteiger partial charge in [-0.15, -0.1) is 0 Å². The number of rotatable bonds is 0. The third kappa shape index (κ3) is 1.02. The average molecular weight is 204 g/mol. The molecule has 0 amide bonds. The first-order valence-electron chi connectivity index (χ1n) is 6.21. The molecule has 2 saturated carbocycles. The molecule has 0 saturated heterocycles. The van der Waals surface area contributed by atoms with Crippen LogP contribution in [0.4, 0.5) is 0 Å². The number of carbonyl (C=O) groups excluding carboxylic acids is 1. The molecule has 0 unspecified atom stereocenters. The lowest BCUT2D eigenvalue weighted by atomic mass is 9.70. The molecule has 0 aliphatic heterocycles. The van der Waals surface area contributed by atoms with Gasteiger partial charge in [-0.05, 0) is 43.1 Å². The van der Waals surface area contributed by atoms with Crippen LogP contribution < -0.4 is 0 Å². The first-order chi connectivity index (χ1) is 6.96. The van der Waals surface area contributed by atoms with Crippen LogP contribution in [0.3, 0.4) is 0 Å². The van der Waals surface area contributed by atoms with Gasteiger partial charge in [0.05, 0.1) is 0 Å². The zero-order valence-corrected chi connectivity index (χ0v) is 9.97. The molecule has 1 heteroatoms. The topological polar surface area (TPSA) is 17.1 Å². The maximum absolute atomic E-state index is 12.0. The SMILES string of the molecule is C[C@H]1CCC2=CC(=O)[C@@H]3CC(C)(C)C[C@@]213. The van der Waals surface area contributed by atoms with Gasteiger partial charge in [-0.2, -0.15) is 0 Å². The van der Waals surface area contributed by atoms with Crippen LogP contribution in [-0.4, -0.2) is 5.78 Å². The summed E-state index contributed by atoms with van der Waals surface area (Å²) in [6.45, 7) is 7.01. The van der Waals surface area contributed by atoms with Crippen LogP contribution in [0, 0.1) is 22.7 Å². The number of allylic oxidation sites excluding steroid dienone is 2. The fourth-order valence-electron chi connectivity index (χ4n) is 4.59. The van der Waals surface area contributed by atoms with E-state index < -0.39 is 0 Å². The van der Waals surface area contributed by atoms with Crippen molar-refractivity contribution < 1.29 is 4.79 Å². The second-order valence-electron chi connectivity index (χ2n) is 6.65. The summed E-state index contributed by atoms with van der Waals surface area (Å²) >= 11 is 0. The van der Waals surface area contributed by atoms with Crippen LogP contribution in [0.1, 0.15) is 46.5 Å². The van der Waals surface area contributed by atoms with Crippen LogP contribution >= 0.6 is 0 Å². The Balaban J connectivity index is 2.11. The van der Waals surface area contributed by atoms with Gasteiger partial charge in [-0.1, -0.05) is 26.3 Å². The Labute approximate surface area is 91.9 Å². The molecule has 3 rings (SSSR count). The molecule has 3 aliphatic carbocycles. The van der Waals surface area contributed by atoms with E-state index in [1.165, 1.54) is 24.8 Å². The molecule has 15 heavy (non-hydrogen) atoms. The van der Waals surface area contributed by atoms with E-state index in [4.69, 9.17) is 0 Å². The molecule has 82 valence electrons. The molecular weight excluding hydrogens is 184 g/mol. The van der Waals surface area contributed by atoms with Crippen molar-refractivity contribution in [2.75, 3.05) is 0 Å². The smallest absolute Gasteiger partial charge is 0.159 e. The summed E-state index contributed by atoms with van der Waals surface area (Å²) in [7, 11) is 0. The highest BCUT2D eigenvalue weighted by molar-refractivity contribution is 5.97. The number of ketones is 1. The molecule has 0 bridgehead atoms. The van der Waals surface area contributed by atoms with Crippen LogP contribution in [-0.2, 0) is 4.79 Å². The number of hydrogen-bond acceptors (Lipinski definition) is 1. The molecule has 0 aromatic heterocycles. The van der Waals surface area contributed by atoms with Crippen LogP contribution in [0.2, 0.25) is 0 Å². The number of carbonyl (C=O) groups is 1. The normalized spacial score (nSPS) is 46.6. The van der Waals surface area contributed by atoms with Crippen molar-refractivity contribution in [2.24, 2.45) is 22.7 Å². The molecule has 3 aliphatic rings. The highest BCUT2D eigenvalue weighted by Crippen LogP contribution is 2.67. The zero-order chi connectivity index (χ0) is 10.8. The Kier molecular flexibility index (Phi) is 1.64. The standard InChI is InChI=1S/C14H20O/c1-9-4-5-10-6-12(15)11-7-13(2,3)8-14(9,10)11/h6,9,11H,4-5,7-8H2,1-3H3/t9-,11-,14-/m0/s1. The third-order valence-electron chi connectivity index (χ3n) is 5.13. The van der Waals surface area contributed by atoms with Crippen molar-refractivity contribution in [2.45, 2.75) is 46.5 Å². The predicted octanol–water partition coefficient (Wildman–Crippen LogP) is 3.35. The molecule has 0 aromatic rings. The first-order valence-corrected chi connectivity index (χ1v) is 6.21. The summed E-state index contributed by atoms with van der Waals surface area (Å²) in [5, 5.41) is 0. The first kappa shape index (κ1) is 9.62. The van der Waals surface area contributed by atoms with Crippen LogP contribution in [0.25, 0.3) is 0 Å². The largest absolute Gasteiger partial charge is 0.295 e. The molecule has 0 aromatic carbocycles. The highest BCUT2D eigenvalue weighted by atomic mass is 16.1. The van der Waals surface area contributed by atoms with Crippen molar-refractivity contribution in [3.8, 4) is 0 Å². The van der Waals surface area contributed by atoms with Gasteiger partial charge in [0, 0.05) is 11.3 Å². The van der Waals surface area contributed by atoms with Crippen LogP contribution in [0.15, 0.2) is 11.6 Å². The summed E-state index contributed by atoms with van der Waals surface area (Å²) in [5.41, 5.74) is 2.16. The number of hydrogen-bond donors (Lipinski definition) is 0. The summed E-state index contributed by atoms with van der Waals surface area (Å²) in [6.07, 6.45) is 6.81. The van der Waals surface area contributed by atoms with Gasteiger partial charge in [0.1, 0.15) is 0 Å². The van der Waals surface area contributed by atoms with Gasteiger partial charge in [0.25, 0.3) is 0 Å². The molecule has 1 spiro atoms.